The highest BCUT2D eigenvalue weighted by atomic mass is 16.5. The Bertz CT molecular complexity index is 732. The van der Waals surface area contributed by atoms with Crippen LogP contribution in [0.1, 0.15) is 54.0 Å². The van der Waals surface area contributed by atoms with Crippen LogP contribution in [0, 0.1) is 0 Å². The van der Waals surface area contributed by atoms with Crippen LogP contribution in [0.3, 0.4) is 0 Å². The third kappa shape index (κ3) is 5.54. The molecule has 2 rings (SSSR count). The van der Waals surface area contributed by atoms with Crippen LogP contribution in [0.4, 0.5) is 11.5 Å². The molecule has 1 amide bonds. The Morgan fingerprint density at radius 1 is 1.04 bits per heavy atom. The molecule has 1 heterocycles. The van der Waals surface area contributed by atoms with Crippen molar-refractivity contribution < 1.29 is 14.3 Å². The molecule has 0 atom stereocenters. The van der Waals surface area contributed by atoms with Crippen molar-refractivity contribution in [3.8, 4) is 0 Å². The molecule has 0 aliphatic heterocycles. The largest absolute Gasteiger partial charge is 0.462 e. The van der Waals surface area contributed by atoms with E-state index >= 15 is 0 Å². The molecule has 2 N–H and O–H groups in total. The third-order valence-electron chi connectivity index (χ3n) is 3.65. The number of hydrogen-bond donors (Lipinski definition) is 2. The van der Waals surface area contributed by atoms with E-state index in [-0.39, 0.29) is 12.3 Å². The molecule has 0 saturated carbocycles. The number of carbonyl (C=O) groups is 2. The topological polar surface area (TPSA) is 93.2 Å². The fraction of sp³-hybridized carbons (Fsp3) is 0.368. The van der Waals surface area contributed by atoms with Gasteiger partial charge >= 0.3 is 5.97 Å². The predicted octanol–water partition coefficient (Wildman–Crippen LogP) is 3.51. The number of amides is 1. The summed E-state index contributed by atoms with van der Waals surface area (Å²) in [6, 6.07) is 9.99. The molecule has 0 bridgehead atoms. The number of para-hydroxylation sites is 1. The highest BCUT2D eigenvalue weighted by Gasteiger charge is 2.15. The second-order valence-corrected chi connectivity index (χ2v) is 5.66. The fourth-order valence-corrected chi connectivity index (χ4v) is 2.30. The van der Waals surface area contributed by atoms with Gasteiger partial charge in [0.1, 0.15) is 5.82 Å². The molecule has 1 aromatic heterocycles. The molecule has 0 spiro atoms. The van der Waals surface area contributed by atoms with E-state index in [1.807, 2.05) is 0 Å². The minimum Gasteiger partial charge on any atom is -0.462 e. The monoisotopic (exact) mass is 356 g/mol. The van der Waals surface area contributed by atoms with Gasteiger partial charge in [-0.3, -0.25) is 4.79 Å². The van der Waals surface area contributed by atoms with E-state index in [1.165, 1.54) is 0 Å². The molecule has 0 unspecified atom stereocenters. The van der Waals surface area contributed by atoms with Gasteiger partial charge in [0.15, 0.2) is 5.69 Å². The summed E-state index contributed by atoms with van der Waals surface area (Å²) in [5, 5.41) is 13.8. The smallest absolute Gasteiger partial charge is 0.340 e. The molecular formula is C19H24N4O3. The number of benzene rings is 1. The number of nitrogens with one attached hydrogen (secondary N) is 2. The first kappa shape index (κ1) is 19.4. The molecule has 0 aliphatic rings. The van der Waals surface area contributed by atoms with E-state index in [0.29, 0.717) is 17.1 Å². The predicted molar refractivity (Wildman–Crippen MR) is 100 cm³/mol. The van der Waals surface area contributed by atoms with E-state index in [1.54, 1.807) is 43.3 Å². The van der Waals surface area contributed by atoms with Crippen LogP contribution in [-0.2, 0) is 4.74 Å². The van der Waals surface area contributed by atoms with Crippen molar-refractivity contribution in [2.24, 2.45) is 0 Å². The van der Waals surface area contributed by atoms with E-state index in [2.05, 4.69) is 27.8 Å². The SMILES string of the molecule is CCCCCNc1ccc(C(=O)Nc2ccccc2C(=O)OCC)nn1. The molecule has 7 heteroatoms. The first-order valence-electron chi connectivity index (χ1n) is 8.80. The van der Waals surface area contributed by atoms with Crippen LogP contribution in [0.15, 0.2) is 36.4 Å². The second-order valence-electron chi connectivity index (χ2n) is 5.66. The van der Waals surface area contributed by atoms with Gasteiger partial charge in [-0.1, -0.05) is 31.9 Å². The van der Waals surface area contributed by atoms with Gasteiger partial charge in [0, 0.05) is 6.54 Å². The molecular weight excluding hydrogens is 332 g/mol. The zero-order chi connectivity index (χ0) is 18.8. The first-order valence-corrected chi connectivity index (χ1v) is 8.80. The highest BCUT2D eigenvalue weighted by Crippen LogP contribution is 2.17. The van der Waals surface area contributed by atoms with Crippen molar-refractivity contribution in [3.05, 3.63) is 47.7 Å². The first-order chi connectivity index (χ1) is 12.7. The van der Waals surface area contributed by atoms with Crippen molar-refractivity contribution >= 4 is 23.4 Å². The maximum absolute atomic E-state index is 12.4. The molecule has 0 saturated heterocycles. The Morgan fingerprint density at radius 2 is 1.85 bits per heavy atom. The van der Waals surface area contributed by atoms with Crippen LogP contribution in [0.25, 0.3) is 0 Å². The van der Waals surface area contributed by atoms with E-state index in [4.69, 9.17) is 4.74 Å². The Kier molecular flexibility index (Phi) is 7.54. The number of anilines is 2. The lowest BCUT2D eigenvalue weighted by atomic mass is 10.1. The van der Waals surface area contributed by atoms with Gasteiger partial charge in [0.25, 0.3) is 5.91 Å². The average molecular weight is 356 g/mol. The van der Waals surface area contributed by atoms with Gasteiger partial charge in [-0.2, -0.15) is 0 Å². The number of aromatic nitrogens is 2. The molecule has 0 radical (unpaired) electrons. The number of unbranched alkanes of at least 4 members (excludes halogenated alkanes) is 2. The summed E-state index contributed by atoms with van der Waals surface area (Å²) in [6.45, 7) is 4.96. The lowest BCUT2D eigenvalue weighted by molar-refractivity contribution is 0.0527. The Morgan fingerprint density at radius 3 is 2.54 bits per heavy atom. The summed E-state index contributed by atoms with van der Waals surface area (Å²) in [5.41, 5.74) is 0.840. The van der Waals surface area contributed by atoms with Crippen molar-refractivity contribution in [1.82, 2.24) is 10.2 Å². The van der Waals surface area contributed by atoms with Crippen LogP contribution in [0.2, 0.25) is 0 Å². The molecule has 138 valence electrons. The summed E-state index contributed by atoms with van der Waals surface area (Å²) in [4.78, 5) is 24.3. The minimum absolute atomic E-state index is 0.169. The molecule has 2 aromatic rings. The lowest BCUT2D eigenvalue weighted by Gasteiger charge is -2.10. The van der Waals surface area contributed by atoms with Crippen LogP contribution in [-0.4, -0.2) is 35.2 Å². The number of esters is 1. The van der Waals surface area contributed by atoms with E-state index < -0.39 is 11.9 Å². The van der Waals surface area contributed by atoms with Gasteiger partial charge < -0.3 is 15.4 Å². The zero-order valence-electron chi connectivity index (χ0n) is 15.1. The number of ether oxygens (including phenoxy) is 1. The van der Waals surface area contributed by atoms with Crippen molar-refractivity contribution in [2.45, 2.75) is 33.1 Å². The lowest BCUT2D eigenvalue weighted by Crippen LogP contribution is -2.17. The highest BCUT2D eigenvalue weighted by molar-refractivity contribution is 6.07. The van der Waals surface area contributed by atoms with Gasteiger partial charge in [0.05, 0.1) is 17.9 Å². The Balaban J connectivity index is 2.01. The van der Waals surface area contributed by atoms with Gasteiger partial charge in [-0.15, -0.1) is 10.2 Å². The van der Waals surface area contributed by atoms with Crippen molar-refractivity contribution in [2.75, 3.05) is 23.8 Å². The summed E-state index contributed by atoms with van der Waals surface area (Å²) in [6.07, 6.45) is 3.37. The maximum atomic E-state index is 12.4. The molecule has 7 nitrogen and oxygen atoms in total. The normalized spacial score (nSPS) is 10.2. The Hall–Kier alpha value is -2.96. The number of rotatable bonds is 9. The summed E-state index contributed by atoms with van der Waals surface area (Å²) in [7, 11) is 0. The summed E-state index contributed by atoms with van der Waals surface area (Å²) >= 11 is 0. The standard InChI is InChI=1S/C19H24N4O3/c1-3-5-8-13-20-17-12-11-16(22-23-17)18(24)21-15-10-7-6-9-14(15)19(25)26-4-2/h6-7,9-12H,3-5,8,13H2,1-2H3,(H,20,23)(H,21,24). The molecule has 0 aliphatic carbocycles. The molecule has 26 heavy (non-hydrogen) atoms. The summed E-state index contributed by atoms with van der Waals surface area (Å²) in [5.74, 6) is -0.294. The molecule has 1 aromatic carbocycles. The van der Waals surface area contributed by atoms with Crippen LogP contribution < -0.4 is 10.6 Å². The minimum atomic E-state index is -0.485. The van der Waals surface area contributed by atoms with E-state index in [9.17, 15) is 9.59 Å². The van der Waals surface area contributed by atoms with Gasteiger partial charge in [-0.25, -0.2) is 4.79 Å². The quantitative estimate of drug-likeness (QED) is 0.527. The number of carbonyl (C=O) groups excluding carboxylic acids is 2. The average Bonchev–Trinajstić information content (AvgIpc) is 2.66. The van der Waals surface area contributed by atoms with Gasteiger partial charge in [0.2, 0.25) is 0 Å². The molecule has 0 fully saturated rings. The zero-order valence-corrected chi connectivity index (χ0v) is 15.1. The van der Waals surface area contributed by atoms with Gasteiger partial charge in [-0.05, 0) is 37.6 Å². The second kappa shape index (κ2) is 10.1. The summed E-state index contributed by atoms with van der Waals surface area (Å²) < 4.78 is 5.00. The number of nitrogens with zero attached hydrogens (tertiary/aromatic N) is 2. The Labute approximate surface area is 153 Å². The fourth-order valence-electron chi connectivity index (χ4n) is 2.30. The van der Waals surface area contributed by atoms with Crippen LogP contribution >= 0.6 is 0 Å². The number of hydrogen-bond acceptors (Lipinski definition) is 6. The maximum Gasteiger partial charge on any atom is 0.340 e. The van der Waals surface area contributed by atoms with Crippen molar-refractivity contribution in [3.63, 3.8) is 0 Å². The third-order valence-corrected chi connectivity index (χ3v) is 3.65. The van der Waals surface area contributed by atoms with Crippen molar-refractivity contribution in [1.29, 1.82) is 0 Å². The van der Waals surface area contributed by atoms with Crippen LogP contribution in [0.5, 0.6) is 0 Å². The van der Waals surface area contributed by atoms with E-state index in [0.717, 1.165) is 25.8 Å².